The molecule has 0 aliphatic heterocycles. The minimum absolute atomic E-state index is 0.0827. The van der Waals surface area contributed by atoms with Crippen LogP contribution in [0.4, 0.5) is 4.39 Å². The van der Waals surface area contributed by atoms with E-state index in [-0.39, 0.29) is 24.4 Å². The maximum atomic E-state index is 14.3. The number of Topliss-reactive ketones (excluding diaryl/α,β-unsaturated/α-hetero) is 1. The smallest absolute Gasteiger partial charge is 0.163 e. The van der Waals surface area contributed by atoms with Gasteiger partial charge in [-0.3, -0.25) is 4.79 Å². The zero-order valence-electron chi connectivity index (χ0n) is 25.2. The third-order valence-electron chi connectivity index (χ3n) is 7.29. The first-order chi connectivity index (χ1) is 21.9. The number of aliphatic hydroxyl groups is 1. The molecule has 0 aliphatic rings. The third kappa shape index (κ3) is 7.59. The predicted octanol–water partition coefficient (Wildman–Crippen LogP) is 7.42. The number of nitrogens with zero attached hydrogens (tertiary/aromatic N) is 1. The Kier molecular flexibility index (Phi) is 10.6. The fraction of sp³-hybridized carbons (Fsp3) is 0.257. The minimum Gasteiger partial charge on any atom is -0.497 e. The minimum atomic E-state index is -0.998. The molecular weight excluding hydrogens is 597 g/mol. The molecule has 0 saturated carbocycles. The van der Waals surface area contributed by atoms with E-state index in [9.17, 15) is 14.3 Å². The van der Waals surface area contributed by atoms with Crippen molar-refractivity contribution in [3.05, 3.63) is 101 Å². The Bertz CT molecular complexity index is 1760. The van der Waals surface area contributed by atoms with Gasteiger partial charge in [-0.2, -0.15) is 0 Å². The second-order valence-corrected chi connectivity index (χ2v) is 11.0. The SMILES string of the molecule is COc1ccc(COCCOc2ccc(C(=O)CCC(O)c3ccc(OC)c(-c4csc5c(F)cccc45)n3)cc2OC)cc1. The van der Waals surface area contributed by atoms with E-state index in [2.05, 4.69) is 4.98 Å². The number of carbonyl (C=O) groups is 1. The molecule has 234 valence electrons. The van der Waals surface area contributed by atoms with Crippen LogP contribution in [0.2, 0.25) is 0 Å². The van der Waals surface area contributed by atoms with Crippen LogP contribution >= 0.6 is 11.3 Å². The normalized spacial score (nSPS) is 11.8. The number of aliphatic hydroxyl groups excluding tert-OH is 1. The van der Waals surface area contributed by atoms with Crippen molar-refractivity contribution >= 4 is 27.2 Å². The van der Waals surface area contributed by atoms with Gasteiger partial charge in [-0.25, -0.2) is 9.37 Å². The number of ketones is 1. The number of pyridine rings is 1. The Balaban J connectivity index is 1.17. The molecule has 5 aromatic rings. The number of fused-ring (bicyclic) bond motifs is 1. The zero-order chi connectivity index (χ0) is 31.8. The van der Waals surface area contributed by atoms with Crippen LogP contribution in [0.1, 0.15) is 40.6 Å². The lowest BCUT2D eigenvalue weighted by atomic mass is 10.0. The summed E-state index contributed by atoms with van der Waals surface area (Å²) in [6.07, 6.45) is -0.759. The van der Waals surface area contributed by atoms with E-state index in [1.165, 1.54) is 31.6 Å². The molecule has 1 N–H and O–H groups in total. The van der Waals surface area contributed by atoms with E-state index in [4.69, 9.17) is 23.7 Å². The molecule has 0 fully saturated rings. The summed E-state index contributed by atoms with van der Waals surface area (Å²) >= 11 is 1.28. The maximum absolute atomic E-state index is 14.3. The van der Waals surface area contributed by atoms with Crippen LogP contribution in [0.25, 0.3) is 21.3 Å². The lowest BCUT2D eigenvalue weighted by Gasteiger charge is -2.14. The number of hydrogen-bond donors (Lipinski definition) is 1. The Morgan fingerprint density at radius 2 is 1.69 bits per heavy atom. The Morgan fingerprint density at radius 3 is 2.44 bits per heavy atom. The fourth-order valence-electron chi connectivity index (χ4n) is 4.85. The van der Waals surface area contributed by atoms with E-state index >= 15 is 0 Å². The highest BCUT2D eigenvalue weighted by molar-refractivity contribution is 7.17. The molecule has 0 saturated heterocycles. The van der Waals surface area contributed by atoms with Gasteiger partial charge in [0.1, 0.15) is 29.6 Å². The fourth-order valence-corrected chi connectivity index (χ4v) is 5.81. The summed E-state index contributed by atoms with van der Waals surface area (Å²) in [7, 11) is 4.67. The topological polar surface area (TPSA) is 96.3 Å². The van der Waals surface area contributed by atoms with Gasteiger partial charge >= 0.3 is 0 Å². The van der Waals surface area contributed by atoms with Gasteiger partial charge in [0.05, 0.1) is 51.0 Å². The Hall–Kier alpha value is -4.51. The molecule has 0 bridgehead atoms. The summed E-state index contributed by atoms with van der Waals surface area (Å²) in [6, 6.07) is 20.9. The standard InChI is InChI=1S/C35H34FNO7S/c1-40-24-10-7-22(8-11-24)20-43-17-18-44-31-15-9-23(19-33(31)42-3)29(38)13-14-30(39)28-12-16-32(41-2)34(37-28)26-21-45-35-25(26)5-4-6-27(35)36/h4-12,15-16,19,21,30,39H,13-14,17-18,20H2,1-3H3. The number of thiophene rings is 1. The average molecular weight is 632 g/mol. The molecule has 0 radical (unpaired) electrons. The summed E-state index contributed by atoms with van der Waals surface area (Å²) in [5.41, 5.74) is 3.08. The Morgan fingerprint density at radius 1 is 0.911 bits per heavy atom. The first kappa shape index (κ1) is 31.9. The van der Waals surface area contributed by atoms with E-state index in [0.29, 0.717) is 58.7 Å². The number of carbonyl (C=O) groups excluding carboxylic acids is 1. The number of methoxy groups -OCH3 is 3. The molecule has 8 nitrogen and oxygen atoms in total. The highest BCUT2D eigenvalue weighted by atomic mass is 32.1. The molecule has 1 atom stereocenters. The van der Waals surface area contributed by atoms with Crippen LogP contribution in [-0.4, -0.2) is 50.4 Å². The van der Waals surface area contributed by atoms with Crippen LogP contribution in [0.15, 0.2) is 78.2 Å². The Labute approximate surface area is 264 Å². The summed E-state index contributed by atoms with van der Waals surface area (Å²) in [6.45, 7) is 1.12. The van der Waals surface area contributed by atoms with Gasteiger partial charge < -0.3 is 28.8 Å². The summed E-state index contributed by atoms with van der Waals surface area (Å²) in [4.78, 5) is 17.7. The van der Waals surface area contributed by atoms with Crippen LogP contribution in [0, 0.1) is 5.82 Å². The monoisotopic (exact) mass is 631 g/mol. The van der Waals surface area contributed by atoms with Crippen molar-refractivity contribution < 1.29 is 38.0 Å². The van der Waals surface area contributed by atoms with Gasteiger partial charge in [-0.15, -0.1) is 11.3 Å². The molecule has 2 heterocycles. The quantitative estimate of drug-likeness (QED) is 0.0942. The van der Waals surface area contributed by atoms with Gasteiger partial charge in [0.15, 0.2) is 17.3 Å². The zero-order valence-corrected chi connectivity index (χ0v) is 26.1. The molecule has 0 amide bonds. The first-order valence-electron chi connectivity index (χ1n) is 14.4. The second kappa shape index (κ2) is 15.0. The van der Waals surface area contributed by atoms with Crippen molar-refractivity contribution in [2.45, 2.75) is 25.6 Å². The van der Waals surface area contributed by atoms with Gasteiger partial charge in [0, 0.05) is 28.3 Å². The lowest BCUT2D eigenvalue weighted by Crippen LogP contribution is -2.09. The number of hydrogen-bond acceptors (Lipinski definition) is 9. The molecule has 0 spiro atoms. The van der Waals surface area contributed by atoms with Crippen molar-refractivity contribution in [1.82, 2.24) is 4.98 Å². The van der Waals surface area contributed by atoms with Crippen LogP contribution in [0.3, 0.4) is 0 Å². The first-order valence-corrected chi connectivity index (χ1v) is 15.2. The summed E-state index contributed by atoms with van der Waals surface area (Å²) in [5, 5.41) is 13.5. The molecule has 45 heavy (non-hydrogen) atoms. The van der Waals surface area contributed by atoms with Crippen LogP contribution in [0.5, 0.6) is 23.0 Å². The molecule has 5 rings (SSSR count). The largest absolute Gasteiger partial charge is 0.497 e. The van der Waals surface area contributed by atoms with E-state index in [1.54, 1.807) is 43.5 Å². The van der Waals surface area contributed by atoms with Crippen molar-refractivity contribution in [3.63, 3.8) is 0 Å². The van der Waals surface area contributed by atoms with E-state index < -0.39 is 6.10 Å². The molecule has 1 unspecified atom stereocenters. The maximum Gasteiger partial charge on any atom is 0.163 e. The van der Waals surface area contributed by atoms with Gasteiger partial charge in [-0.05, 0) is 60.5 Å². The number of halogens is 1. The van der Waals surface area contributed by atoms with E-state index in [0.717, 1.165) is 22.3 Å². The highest BCUT2D eigenvalue weighted by Crippen LogP contribution is 2.39. The van der Waals surface area contributed by atoms with Gasteiger partial charge in [0.2, 0.25) is 0 Å². The van der Waals surface area contributed by atoms with Crippen molar-refractivity contribution in [2.75, 3.05) is 34.5 Å². The molecular formula is C35H34FNO7S. The van der Waals surface area contributed by atoms with Crippen molar-refractivity contribution in [3.8, 4) is 34.3 Å². The van der Waals surface area contributed by atoms with Gasteiger partial charge in [0.25, 0.3) is 0 Å². The highest BCUT2D eigenvalue weighted by Gasteiger charge is 2.20. The van der Waals surface area contributed by atoms with Gasteiger partial charge in [-0.1, -0.05) is 24.3 Å². The van der Waals surface area contributed by atoms with Crippen LogP contribution < -0.4 is 18.9 Å². The summed E-state index contributed by atoms with van der Waals surface area (Å²) < 4.78 is 42.5. The molecule has 10 heteroatoms. The van der Waals surface area contributed by atoms with Crippen LogP contribution in [-0.2, 0) is 11.3 Å². The second-order valence-electron chi connectivity index (χ2n) is 10.1. The van der Waals surface area contributed by atoms with Crippen molar-refractivity contribution in [2.24, 2.45) is 0 Å². The lowest BCUT2D eigenvalue weighted by molar-refractivity contribution is 0.0878. The number of aromatic nitrogens is 1. The molecule has 0 aliphatic carbocycles. The molecule has 2 aromatic heterocycles. The summed E-state index contributed by atoms with van der Waals surface area (Å²) in [5.74, 6) is 1.76. The van der Waals surface area contributed by atoms with Crippen molar-refractivity contribution in [1.29, 1.82) is 0 Å². The van der Waals surface area contributed by atoms with E-state index in [1.807, 2.05) is 35.7 Å². The number of benzene rings is 3. The predicted molar refractivity (Wildman–Crippen MR) is 171 cm³/mol. The average Bonchev–Trinajstić information content (AvgIpc) is 3.52. The number of rotatable bonds is 15. The molecule has 3 aromatic carbocycles. The number of ether oxygens (including phenoxy) is 5. The third-order valence-corrected chi connectivity index (χ3v) is 8.30.